The van der Waals surface area contributed by atoms with Gasteiger partial charge in [-0.3, -0.25) is 0 Å². The molecule has 0 heterocycles. The van der Waals surface area contributed by atoms with Crippen LogP contribution in [0.3, 0.4) is 0 Å². The zero-order chi connectivity index (χ0) is 11.8. The average molecular weight is 216 g/mol. The quantitative estimate of drug-likeness (QED) is 0.527. The van der Waals surface area contributed by atoms with Crippen molar-refractivity contribution in [1.29, 1.82) is 5.26 Å². The Hall–Kier alpha value is -2.58. The van der Waals surface area contributed by atoms with Crippen molar-refractivity contribution in [1.82, 2.24) is 0 Å². The van der Waals surface area contributed by atoms with Crippen LogP contribution < -0.4 is 0 Å². The van der Waals surface area contributed by atoms with E-state index in [-0.39, 0.29) is 0 Å². The molecule has 0 fully saturated rings. The monoisotopic (exact) mass is 216 g/mol. The zero-order valence-corrected chi connectivity index (χ0v) is 9.07. The molecule has 0 bridgehead atoms. The van der Waals surface area contributed by atoms with Gasteiger partial charge in [0, 0.05) is 0 Å². The number of benzene rings is 2. The fourth-order valence-corrected chi connectivity index (χ4v) is 2.42. The van der Waals surface area contributed by atoms with Gasteiger partial charge in [0.25, 0.3) is 0 Å². The Labute approximate surface area is 99.6 Å². The molecule has 78 valence electrons. The highest BCUT2D eigenvalue weighted by molar-refractivity contribution is 5.86. The highest BCUT2D eigenvalue weighted by atomic mass is 14.6. The summed E-state index contributed by atoms with van der Waals surface area (Å²) in [5.74, 6) is 0. The molecule has 0 radical (unpaired) electrons. The molecule has 1 aliphatic rings. The minimum absolute atomic E-state index is 0.447. The fourth-order valence-electron chi connectivity index (χ4n) is 2.42. The Balaban J connectivity index is 2.39. The molecular weight excluding hydrogens is 208 g/mol. The predicted molar refractivity (Wildman–Crippen MR) is 65.7 cm³/mol. The molecule has 0 aromatic heterocycles. The summed E-state index contributed by atoms with van der Waals surface area (Å²) in [5.41, 5.74) is 5.41. The molecule has 2 aromatic rings. The van der Waals surface area contributed by atoms with E-state index in [1.54, 1.807) is 6.07 Å². The van der Waals surface area contributed by atoms with E-state index in [1.165, 1.54) is 5.56 Å². The van der Waals surface area contributed by atoms with E-state index in [1.807, 2.05) is 24.3 Å². The smallest absolute Gasteiger partial charge is 0.205 e. The molecule has 0 atom stereocenters. The Morgan fingerprint density at radius 3 is 2.71 bits per heavy atom. The second-order valence-electron chi connectivity index (χ2n) is 4.05. The van der Waals surface area contributed by atoms with Crippen molar-refractivity contribution >= 4 is 5.69 Å². The fraction of sp³-hybridized carbons (Fsp3) is 0.0667. The molecule has 0 saturated heterocycles. The van der Waals surface area contributed by atoms with Gasteiger partial charge in [-0.2, -0.15) is 5.26 Å². The van der Waals surface area contributed by atoms with Gasteiger partial charge in [0.1, 0.15) is 0 Å². The molecular formula is C15H8N2. The maximum atomic E-state index is 9.25. The third-order valence-electron chi connectivity index (χ3n) is 3.17. The van der Waals surface area contributed by atoms with Crippen LogP contribution in [-0.2, 0) is 6.42 Å². The van der Waals surface area contributed by atoms with E-state index in [0.29, 0.717) is 11.3 Å². The normalized spacial score (nSPS) is 11.2. The number of rotatable bonds is 0. The van der Waals surface area contributed by atoms with Gasteiger partial charge in [-0.1, -0.05) is 36.4 Å². The number of nitrogens with zero attached hydrogens (tertiary/aromatic N) is 2. The van der Waals surface area contributed by atoms with Gasteiger partial charge < -0.3 is 0 Å². The summed E-state index contributed by atoms with van der Waals surface area (Å²) in [6.45, 7) is 7.11. The van der Waals surface area contributed by atoms with Gasteiger partial charge in [-0.25, -0.2) is 4.85 Å². The minimum atomic E-state index is 0.447. The number of fused-ring (bicyclic) bond motifs is 3. The molecule has 0 saturated carbocycles. The summed E-state index contributed by atoms with van der Waals surface area (Å²) in [6, 6.07) is 14.0. The molecule has 0 amide bonds. The van der Waals surface area contributed by atoms with E-state index in [9.17, 15) is 5.26 Å². The van der Waals surface area contributed by atoms with Crippen molar-refractivity contribution in [2.45, 2.75) is 6.42 Å². The summed E-state index contributed by atoms with van der Waals surface area (Å²) in [6.07, 6.45) is 0.860. The summed E-state index contributed by atoms with van der Waals surface area (Å²) < 4.78 is 0. The van der Waals surface area contributed by atoms with Crippen molar-refractivity contribution in [3.63, 3.8) is 0 Å². The molecule has 0 N–H and O–H groups in total. The van der Waals surface area contributed by atoms with E-state index >= 15 is 0 Å². The van der Waals surface area contributed by atoms with Crippen LogP contribution in [0.5, 0.6) is 0 Å². The van der Waals surface area contributed by atoms with Crippen molar-refractivity contribution in [3.8, 4) is 17.2 Å². The van der Waals surface area contributed by atoms with E-state index < -0.39 is 0 Å². The Kier molecular flexibility index (Phi) is 1.97. The first-order valence-corrected chi connectivity index (χ1v) is 5.37. The van der Waals surface area contributed by atoms with E-state index in [4.69, 9.17) is 6.57 Å². The molecule has 17 heavy (non-hydrogen) atoms. The van der Waals surface area contributed by atoms with Crippen LogP contribution in [0.4, 0.5) is 5.69 Å². The van der Waals surface area contributed by atoms with Gasteiger partial charge in [0.2, 0.25) is 5.69 Å². The van der Waals surface area contributed by atoms with Crippen LogP contribution in [0.15, 0.2) is 36.4 Å². The molecule has 0 aliphatic heterocycles. The van der Waals surface area contributed by atoms with Gasteiger partial charge >= 0.3 is 0 Å². The first-order chi connectivity index (χ1) is 8.35. The van der Waals surface area contributed by atoms with Crippen molar-refractivity contribution < 1.29 is 0 Å². The maximum absolute atomic E-state index is 9.25. The number of nitriles is 1. The zero-order valence-electron chi connectivity index (χ0n) is 9.07. The lowest BCUT2D eigenvalue weighted by Gasteiger charge is -2.04. The maximum Gasteiger partial charge on any atom is 0.205 e. The minimum Gasteiger partial charge on any atom is -0.237 e. The molecule has 0 spiro atoms. The molecule has 2 heteroatoms. The lowest BCUT2D eigenvalue weighted by Crippen LogP contribution is -1.85. The second-order valence-corrected chi connectivity index (χ2v) is 4.05. The van der Waals surface area contributed by atoms with Crippen LogP contribution in [-0.4, -0.2) is 0 Å². The molecule has 2 nitrogen and oxygen atoms in total. The van der Waals surface area contributed by atoms with Gasteiger partial charge in [0.15, 0.2) is 0 Å². The number of hydrogen-bond acceptors (Lipinski definition) is 1. The first-order valence-electron chi connectivity index (χ1n) is 5.37. The van der Waals surface area contributed by atoms with Crippen LogP contribution in [0, 0.1) is 17.9 Å². The van der Waals surface area contributed by atoms with Crippen molar-refractivity contribution in [3.05, 3.63) is 64.5 Å². The van der Waals surface area contributed by atoms with E-state index in [2.05, 4.69) is 17.0 Å². The van der Waals surface area contributed by atoms with Gasteiger partial charge in [-0.05, 0) is 28.7 Å². The average Bonchev–Trinajstić information content (AvgIpc) is 2.76. The molecule has 3 rings (SSSR count). The Morgan fingerprint density at radius 1 is 1.12 bits per heavy atom. The van der Waals surface area contributed by atoms with Crippen molar-refractivity contribution in [2.24, 2.45) is 0 Å². The van der Waals surface area contributed by atoms with Gasteiger partial charge in [0.05, 0.1) is 18.2 Å². The summed E-state index contributed by atoms with van der Waals surface area (Å²) >= 11 is 0. The highest BCUT2D eigenvalue weighted by Gasteiger charge is 2.22. The van der Waals surface area contributed by atoms with Crippen LogP contribution in [0.1, 0.15) is 16.7 Å². The van der Waals surface area contributed by atoms with Crippen LogP contribution >= 0.6 is 0 Å². The topological polar surface area (TPSA) is 28.1 Å². The van der Waals surface area contributed by atoms with Gasteiger partial charge in [-0.15, -0.1) is 0 Å². The summed E-state index contributed by atoms with van der Waals surface area (Å²) in [5, 5.41) is 9.25. The third kappa shape index (κ3) is 1.25. The molecule has 2 aromatic carbocycles. The van der Waals surface area contributed by atoms with Crippen LogP contribution in [0.25, 0.3) is 16.0 Å². The standard InChI is InChI=1S/C15H8N2/c1-17-14-7-6-11-8-10-4-2-3-5-12(10)15(11)13(14)9-16/h2-7H,8H2. The predicted octanol–water partition coefficient (Wildman–Crippen LogP) is 3.68. The lowest BCUT2D eigenvalue weighted by molar-refractivity contribution is 1.26. The Morgan fingerprint density at radius 2 is 1.94 bits per heavy atom. The first kappa shape index (κ1) is 9.63. The van der Waals surface area contributed by atoms with Crippen molar-refractivity contribution in [2.75, 3.05) is 0 Å². The molecule has 1 aliphatic carbocycles. The SMILES string of the molecule is [C-]#[N+]c1ccc2c(c1C#N)-c1ccccc1C2. The lowest BCUT2D eigenvalue weighted by atomic mass is 9.99. The summed E-state index contributed by atoms with van der Waals surface area (Å²) in [7, 11) is 0. The summed E-state index contributed by atoms with van der Waals surface area (Å²) in [4.78, 5) is 3.42. The van der Waals surface area contributed by atoms with E-state index in [0.717, 1.165) is 23.1 Å². The molecule has 0 unspecified atom stereocenters. The highest BCUT2D eigenvalue weighted by Crippen LogP contribution is 2.41. The number of hydrogen-bond donors (Lipinski definition) is 0. The third-order valence-corrected chi connectivity index (χ3v) is 3.17. The largest absolute Gasteiger partial charge is 0.237 e. The second kappa shape index (κ2) is 3.47. The Bertz CT molecular complexity index is 700. The van der Waals surface area contributed by atoms with Crippen LogP contribution in [0.2, 0.25) is 0 Å².